The van der Waals surface area contributed by atoms with Crippen LogP contribution in [0.5, 0.6) is 0 Å². The lowest BCUT2D eigenvalue weighted by Gasteiger charge is -2.33. The molecule has 0 N–H and O–H groups in total. The van der Waals surface area contributed by atoms with Gasteiger partial charge in [-0.05, 0) is 37.3 Å². The molecule has 2 rings (SSSR count). The Balaban J connectivity index is 2.26. The summed E-state index contributed by atoms with van der Waals surface area (Å²) in [7, 11) is -0.448. The molecule has 0 aliphatic heterocycles. The van der Waals surface area contributed by atoms with Crippen molar-refractivity contribution >= 4 is 18.7 Å². The van der Waals surface area contributed by atoms with Crippen molar-refractivity contribution in [2.24, 2.45) is 0 Å². The summed E-state index contributed by atoms with van der Waals surface area (Å²) in [5, 5.41) is 2.99. The molecule has 0 aromatic heterocycles. The molecule has 2 aromatic rings. The number of hydrogen-bond acceptors (Lipinski definition) is 1. The Kier molecular flexibility index (Phi) is 10.8. The van der Waals surface area contributed by atoms with Crippen LogP contribution >= 0.6 is 8.07 Å². The Labute approximate surface area is 175 Å². The Bertz CT molecular complexity index is 590. The maximum absolute atomic E-state index is 2.82. The van der Waals surface area contributed by atoms with Gasteiger partial charge in [0.15, 0.2) is 0 Å². The fourth-order valence-corrected chi connectivity index (χ4v) is 6.10. The summed E-state index contributed by atoms with van der Waals surface area (Å²) in [5.74, 6) is 0. The fourth-order valence-electron chi connectivity index (χ4n) is 3.60. The fraction of sp³-hybridized carbons (Fsp3) is 0.538. The smallest absolute Gasteiger partial charge is 0.0281 e. The van der Waals surface area contributed by atoms with Gasteiger partial charge in [-0.25, -0.2) is 0 Å². The maximum atomic E-state index is 2.82. The van der Waals surface area contributed by atoms with Gasteiger partial charge in [-0.15, -0.1) is 0 Å². The minimum atomic E-state index is -0.448. The van der Waals surface area contributed by atoms with Crippen molar-refractivity contribution in [3.05, 3.63) is 59.7 Å². The molecule has 154 valence electrons. The molecule has 0 heterocycles. The SMILES string of the molecule is CCCCCCN(CCCCCC)P(c1ccc(C)cc1)c1ccc(C)cc1. The lowest BCUT2D eigenvalue weighted by Crippen LogP contribution is -2.30. The third kappa shape index (κ3) is 7.69. The standard InChI is InChI=1S/C26H40NP/c1-5-7-9-11-21-27(22-12-10-8-6-2)28(25-17-13-23(3)14-18-25)26-19-15-24(4)16-20-26/h13-20H,5-12,21-22H2,1-4H3. The van der Waals surface area contributed by atoms with Crippen LogP contribution in [0, 0.1) is 13.8 Å². The number of unbranched alkanes of at least 4 members (excludes halogenated alkanes) is 6. The van der Waals surface area contributed by atoms with E-state index in [1.165, 1.54) is 86.2 Å². The highest BCUT2D eigenvalue weighted by molar-refractivity contribution is 7.70. The van der Waals surface area contributed by atoms with Crippen molar-refractivity contribution in [2.45, 2.75) is 79.1 Å². The lowest BCUT2D eigenvalue weighted by molar-refractivity contribution is 0.421. The van der Waals surface area contributed by atoms with E-state index in [1.807, 2.05) is 0 Å². The first kappa shape index (κ1) is 23.1. The van der Waals surface area contributed by atoms with Gasteiger partial charge in [0.1, 0.15) is 0 Å². The number of aryl methyl sites for hydroxylation is 2. The van der Waals surface area contributed by atoms with E-state index in [0.717, 1.165) is 0 Å². The second-order valence-electron chi connectivity index (χ2n) is 8.06. The molecule has 0 unspecified atom stereocenters. The highest BCUT2D eigenvalue weighted by Gasteiger charge is 2.22. The van der Waals surface area contributed by atoms with Gasteiger partial charge < -0.3 is 0 Å². The summed E-state index contributed by atoms with van der Waals surface area (Å²) in [6.07, 6.45) is 10.7. The Morgan fingerprint density at radius 3 is 1.32 bits per heavy atom. The number of nitrogens with zero attached hydrogens (tertiary/aromatic N) is 1. The first-order valence-corrected chi connectivity index (χ1v) is 12.6. The molecule has 1 nitrogen and oxygen atoms in total. The van der Waals surface area contributed by atoms with Crippen LogP contribution < -0.4 is 10.6 Å². The van der Waals surface area contributed by atoms with Gasteiger partial charge in [-0.3, -0.25) is 4.67 Å². The minimum Gasteiger partial charge on any atom is -0.275 e. The first-order valence-electron chi connectivity index (χ1n) is 11.3. The topological polar surface area (TPSA) is 3.24 Å². The van der Waals surface area contributed by atoms with Crippen molar-refractivity contribution in [3.8, 4) is 0 Å². The molecular formula is C26H40NP. The van der Waals surface area contributed by atoms with Crippen molar-refractivity contribution in [2.75, 3.05) is 13.1 Å². The van der Waals surface area contributed by atoms with Gasteiger partial charge >= 0.3 is 0 Å². The molecule has 0 amide bonds. The van der Waals surface area contributed by atoms with Crippen LogP contribution in [-0.4, -0.2) is 17.8 Å². The third-order valence-electron chi connectivity index (χ3n) is 5.38. The zero-order valence-corrected chi connectivity index (χ0v) is 19.5. The number of hydrogen-bond donors (Lipinski definition) is 0. The number of rotatable bonds is 13. The highest BCUT2D eigenvalue weighted by atomic mass is 31.1. The van der Waals surface area contributed by atoms with E-state index in [-0.39, 0.29) is 0 Å². The minimum absolute atomic E-state index is 0.448. The molecule has 28 heavy (non-hydrogen) atoms. The van der Waals surface area contributed by atoms with Crippen LogP contribution in [0.1, 0.15) is 76.3 Å². The van der Waals surface area contributed by atoms with E-state index in [1.54, 1.807) is 0 Å². The highest BCUT2D eigenvalue weighted by Crippen LogP contribution is 2.39. The average molecular weight is 398 g/mol. The van der Waals surface area contributed by atoms with Crippen LogP contribution in [-0.2, 0) is 0 Å². The quantitative estimate of drug-likeness (QED) is 0.257. The molecule has 0 bridgehead atoms. The third-order valence-corrected chi connectivity index (χ3v) is 7.92. The van der Waals surface area contributed by atoms with Gasteiger partial charge in [-0.1, -0.05) is 112 Å². The zero-order valence-electron chi connectivity index (χ0n) is 18.6. The van der Waals surface area contributed by atoms with Crippen LogP contribution in [0.4, 0.5) is 0 Å². The molecule has 0 aliphatic rings. The Morgan fingerprint density at radius 2 is 0.964 bits per heavy atom. The predicted octanol–water partition coefficient (Wildman–Crippen LogP) is 7.11. The van der Waals surface area contributed by atoms with Crippen LogP contribution in [0.15, 0.2) is 48.5 Å². The molecule has 0 spiro atoms. The van der Waals surface area contributed by atoms with E-state index < -0.39 is 8.07 Å². The van der Waals surface area contributed by atoms with Crippen molar-refractivity contribution in [3.63, 3.8) is 0 Å². The molecule has 0 radical (unpaired) electrons. The summed E-state index contributed by atoms with van der Waals surface area (Å²) < 4.78 is 2.82. The normalized spacial score (nSPS) is 11.5. The van der Waals surface area contributed by atoms with Gasteiger partial charge in [0.05, 0.1) is 0 Å². The largest absolute Gasteiger partial charge is 0.275 e. The average Bonchev–Trinajstić information content (AvgIpc) is 2.71. The van der Waals surface area contributed by atoms with E-state index >= 15 is 0 Å². The predicted molar refractivity (Wildman–Crippen MR) is 128 cm³/mol. The molecule has 0 aliphatic carbocycles. The molecule has 0 saturated heterocycles. The number of benzene rings is 2. The molecule has 0 fully saturated rings. The molecule has 2 aromatic carbocycles. The van der Waals surface area contributed by atoms with E-state index in [9.17, 15) is 0 Å². The lowest BCUT2D eigenvalue weighted by atomic mass is 10.2. The molecular weight excluding hydrogens is 357 g/mol. The Morgan fingerprint density at radius 1 is 0.571 bits per heavy atom. The van der Waals surface area contributed by atoms with Crippen LogP contribution in [0.2, 0.25) is 0 Å². The van der Waals surface area contributed by atoms with Crippen LogP contribution in [0.25, 0.3) is 0 Å². The zero-order chi connectivity index (χ0) is 20.2. The van der Waals surface area contributed by atoms with Gasteiger partial charge in [-0.2, -0.15) is 0 Å². The van der Waals surface area contributed by atoms with Gasteiger partial charge in [0.2, 0.25) is 0 Å². The second-order valence-corrected chi connectivity index (χ2v) is 10.3. The first-order chi connectivity index (χ1) is 13.7. The van der Waals surface area contributed by atoms with Crippen molar-refractivity contribution in [1.82, 2.24) is 4.67 Å². The van der Waals surface area contributed by atoms with E-state index in [4.69, 9.17) is 0 Å². The van der Waals surface area contributed by atoms with Crippen molar-refractivity contribution < 1.29 is 0 Å². The van der Waals surface area contributed by atoms with E-state index in [0.29, 0.717) is 0 Å². The van der Waals surface area contributed by atoms with Gasteiger partial charge in [0, 0.05) is 21.2 Å². The molecule has 0 saturated carbocycles. The molecule has 0 atom stereocenters. The summed E-state index contributed by atoms with van der Waals surface area (Å²) in [6, 6.07) is 18.6. The van der Waals surface area contributed by atoms with Gasteiger partial charge in [0.25, 0.3) is 0 Å². The van der Waals surface area contributed by atoms with E-state index in [2.05, 4.69) is 80.9 Å². The Hall–Kier alpha value is -1.17. The molecule has 2 heteroatoms. The summed E-state index contributed by atoms with van der Waals surface area (Å²) in [5.41, 5.74) is 2.69. The summed E-state index contributed by atoms with van der Waals surface area (Å²) >= 11 is 0. The van der Waals surface area contributed by atoms with Crippen molar-refractivity contribution in [1.29, 1.82) is 0 Å². The second kappa shape index (κ2) is 13.1. The summed E-state index contributed by atoms with van der Waals surface area (Å²) in [6.45, 7) is 11.4. The van der Waals surface area contributed by atoms with Crippen LogP contribution in [0.3, 0.4) is 0 Å². The monoisotopic (exact) mass is 397 g/mol. The summed E-state index contributed by atoms with van der Waals surface area (Å²) in [4.78, 5) is 0. The maximum Gasteiger partial charge on any atom is 0.0281 e.